The number of sulfonamides is 1. The number of anilines is 1. The smallest absolute Gasteiger partial charge is 0.271 e. The van der Waals surface area contributed by atoms with Crippen molar-refractivity contribution in [1.82, 2.24) is 10.2 Å². The fraction of sp³-hybridized carbons (Fsp3) is 0.480. The van der Waals surface area contributed by atoms with Crippen LogP contribution in [0.5, 0.6) is 5.75 Å². The molecule has 0 spiro atoms. The number of ether oxygens (including phenoxy) is 1. The number of likely N-dealkylation sites (tertiary alicyclic amines) is 1. The highest BCUT2D eigenvalue weighted by atomic mass is 32.2. The summed E-state index contributed by atoms with van der Waals surface area (Å²) in [6.07, 6.45) is 5.13. The number of methoxy groups -OCH3 is 1. The number of nitro benzene ring substituents is 1. The van der Waals surface area contributed by atoms with E-state index in [0.29, 0.717) is 6.54 Å². The number of benzene rings is 2. The molecule has 1 heterocycles. The summed E-state index contributed by atoms with van der Waals surface area (Å²) in [5.41, 5.74) is 2.05. The number of carbonyl (C=O) groups excluding carboxylic acids is 1. The van der Waals surface area contributed by atoms with E-state index in [1.165, 1.54) is 44.1 Å². The zero-order valence-electron chi connectivity index (χ0n) is 20.8. The number of carbonyl (C=O) groups is 1. The van der Waals surface area contributed by atoms with Crippen molar-refractivity contribution in [2.75, 3.05) is 37.3 Å². The van der Waals surface area contributed by atoms with Crippen molar-refractivity contribution in [3.8, 4) is 5.75 Å². The molecule has 1 amide bonds. The van der Waals surface area contributed by atoms with E-state index in [-0.39, 0.29) is 42.4 Å². The summed E-state index contributed by atoms with van der Waals surface area (Å²) in [4.78, 5) is 25.5. The molecule has 2 aromatic carbocycles. The van der Waals surface area contributed by atoms with E-state index in [9.17, 15) is 23.3 Å². The highest BCUT2D eigenvalue weighted by Gasteiger charge is 2.24. The fourth-order valence-electron chi connectivity index (χ4n) is 4.34. The molecule has 0 aromatic heterocycles. The zero-order valence-corrected chi connectivity index (χ0v) is 21.6. The number of rotatable bonds is 12. The van der Waals surface area contributed by atoms with Gasteiger partial charge in [0, 0.05) is 38.2 Å². The van der Waals surface area contributed by atoms with Gasteiger partial charge in [-0.15, -0.1) is 0 Å². The molecule has 196 valence electrons. The Kier molecular flexibility index (Phi) is 9.65. The number of nitrogens with zero attached hydrogens (tertiary/aromatic N) is 3. The second kappa shape index (κ2) is 12.7. The van der Waals surface area contributed by atoms with Gasteiger partial charge >= 0.3 is 0 Å². The van der Waals surface area contributed by atoms with Gasteiger partial charge in [-0.05, 0) is 49.5 Å². The Morgan fingerprint density at radius 3 is 2.53 bits per heavy atom. The van der Waals surface area contributed by atoms with E-state index >= 15 is 0 Å². The van der Waals surface area contributed by atoms with Gasteiger partial charge in [0.05, 0.1) is 18.3 Å². The van der Waals surface area contributed by atoms with Crippen LogP contribution in [0.2, 0.25) is 0 Å². The van der Waals surface area contributed by atoms with Crippen molar-refractivity contribution in [3.63, 3.8) is 0 Å². The highest BCUT2D eigenvalue weighted by molar-refractivity contribution is 7.92. The Labute approximate surface area is 212 Å². The lowest BCUT2D eigenvalue weighted by Crippen LogP contribution is -2.32. The molecule has 11 heteroatoms. The summed E-state index contributed by atoms with van der Waals surface area (Å²) in [7, 11) is -2.41. The lowest BCUT2D eigenvalue weighted by molar-refractivity contribution is -0.384. The van der Waals surface area contributed by atoms with Crippen LogP contribution in [0.3, 0.4) is 0 Å². The molecule has 0 aliphatic carbocycles. The van der Waals surface area contributed by atoms with Gasteiger partial charge in [0.15, 0.2) is 0 Å². The molecule has 1 N–H and O–H groups in total. The molecule has 36 heavy (non-hydrogen) atoms. The van der Waals surface area contributed by atoms with Crippen molar-refractivity contribution in [2.24, 2.45) is 0 Å². The minimum atomic E-state index is -3.77. The van der Waals surface area contributed by atoms with E-state index in [1.54, 1.807) is 0 Å². The van der Waals surface area contributed by atoms with Crippen molar-refractivity contribution in [3.05, 3.63) is 63.7 Å². The van der Waals surface area contributed by atoms with Crippen LogP contribution in [0.15, 0.2) is 42.5 Å². The number of piperidine rings is 1. The van der Waals surface area contributed by atoms with Gasteiger partial charge in [0.25, 0.3) is 5.69 Å². The number of non-ortho nitro benzene ring substituents is 1. The van der Waals surface area contributed by atoms with Gasteiger partial charge in [-0.25, -0.2) is 8.42 Å². The Morgan fingerprint density at radius 1 is 1.14 bits per heavy atom. The maximum Gasteiger partial charge on any atom is 0.271 e. The first kappa shape index (κ1) is 27.4. The summed E-state index contributed by atoms with van der Waals surface area (Å²) in [5, 5.41) is 14.1. The molecule has 0 radical (unpaired) electrons. The van der Waals surface area contributed by atoms with Gasteiger partial charge in [0.1, 0.15) is 11.4 Å². The maximum atomic E-state index is 12.5. The lowest BCUT2D eigenvalue weighted by atomic mass is 10.1. The number of hydrogen-bond donors (Lipinski definition) is 1. The van der Waals surface area contributed by atoms with E-state index < -0.39 is 14.9 Å². The van der Waals surface area contributed by atoms with Crippen LogP contribution in [0, 0.1) is 10.1 Å². The van der Waals surface area contributed by atoms with Crippen LogP contribution in [0.25, 0.3) is 0 Å². The summed E-state index contributed by atoms with van der Waals surface area (Å²) in [6.45, 7) is 3.52. The van der Waals surface area contributed by atoms with Crippen molar-refractivity contribution < 1.29 is 22.9 Å². The Morgan fingerprint density at radius 2 is 1.86 bits per heavy atom. The third-order valence-corrected chi connectivity index (χ3v) is 7.32. The van der Waals surface area contributed by atoms with E-state index in [0.717, 1.165) is 41.8 Å². The minimum Gasteiger partial charge on any atom is -0.495 e. The van der Waals surface area contributed by atoms with Crippen molar-refractivity contribution >= 4 is 27.3 Å². The maximum absolute atomic E-state index is 12.5. The molecule has 1 aliphatic heterocycles. The molecule has 0 unspecified atom stereocenters. The number of nitrogens with one attached hydrogen (secondary N) is 1. The predicted octanol–water partition coefficient (Wildman–Crippen LogP) is 3.45. The monoisotopic (exact) mass is 518 g/mol. The average Bonchev–Trinajstić information content (AvgIpc) is 2.85. The molecular weight excluding hydrogens is 484 g/mol. The largest absolute Gasteiger partial charge is 0.495 e. The lowest BCUT2D eigenvalue weighted by Gasteiger charge is -2.26. The Balaban J connectivity index is 1.55. The molecule has 0 saturated carbocycles. The topological polar surface area (TPSA) is 122 Å². The SMILES string of the molecule is COc1ccc([N+](=O)[O-])cc1N(CCCC(=O)NCc1cccc(CN2CCCCC2)c1)S(C)(=O)=O. The van der Waals surface area contributed by atoms with Gasteiger partial charge in [-0.2, -0.15) is 0 Å². The van der Waals surface area contributed by atoms with Crippen LogP contribution in [-0.2, 0) is 27.9 Å². The zero-order chi connectivity index (χ0) is 26.1. The number of hydrogen-bond acceptors (Lipinski definition) is 7. The van der Waals surface area contributed by atoms with E-state index in [1.807, 2.05) is 12.1 Å². The van der Waals surface area contributed by atoms with Crippen molar-refractivity contribution in [1.29, 1.82) is 0 Å². The van der Waals surface area contributed by atoms with Gasteiger partial charge in [0.2, 0.25) is 15.9 Å². The number of amides is 1. The van der Waals surface area contributed by atoms with E-state index in [4.69, 9.17) is 4.74 Å². The molecule has 0 bridgehead atoms. The van der Waals surface area contributed by atoms with Gasteiger partial charge < -0.3 is 10.1 Å². The van der Waals surface area contributed by atoms with Gasteiger partial charge in [-0.3, -0.25) is 24.1 Å². The summed E-state index contributed by atoms with van der Waals surface area (Å²) < 4.78 is 31.1. The van der Waals surface area contributed by atoms with Crippen LogP contribution in [0.4, 0.5) is 11.4 Å². The Bertz CT molecular complexity index is 1160. The van der Waals surface area contributed by atoms with E-state index in [2.05, 4.69) is 22.3 Å². The molecule has 1 saturated heterocycles. The van der Waals surface area contributed by atoms with Crippen LogP contribution < -0.4 is 14.4 Å². The van der Waals surface area contributed by atoms with Crippen molar-refractivity contribution in [2.45, 2.75) is 45.2 Å². The summed E-state index contributed by atoms with van der Waals surface area (Å²) in [6, 6.07) is 11.9. The second-order valence-electron chi connectivity index (χ2n) is 8.99. The fourth-order valence-corrected chi connectivity index (χ4v) is 5.30. The molecule has 1 fully saturated rings. The average molecular weight is 519 g/mol. The second-order valence-corrected chi connectivity index (χ2v) is 10.9. The minimum absolute atomic E-state index is 0.0187. The molecule has 2 aromatic rings. The molecule has 1 aliphatic rings. The predicted molar refractivity (Wildman–Crippen MR) is 138 cm³/mol. The standard InChI is InChI=1S/C25H34N4O6S/c1-35-24-12-11-22(29(31)32)17-23(24)28(36(2,33)34)15-7-10-25(30)26-18-20-8-6-9-21(16-20)19-27-13-4-3-5-14-27/h6,8-9,11-12,16-17H,3-5,7,10,13-15,18-19H2,1-2H3,(H,26,30). The first-order valence-electron chi connectivity index (χ1n) is 12.0. The first-order chi connectivity index (χ1) is 17.2. The third-order valence-electron chi connectivity index (χ3n) is 6.14. The molecule has 3 rings (SSSR count). The quantitative estimate of drug-likeness (QED) is 0.337. The first-order valence-corrected chi connectivity index (χ1v) is 13.9. The van der Waals surface area contributed by atoms with Crippen LogP contribution >= 0.6 is 0 Å². The molecule has 0 atom stereocenters. The van der Waals surface area contributed by atoms with Crippen LogP contribution in [0.1, 0.15) is 43.2 Å². The van der Waals surface area contributed by atoms with Gasteiger partial charge in [-0.1, -0.05) is 30.7 Å². The third kappa shape index (κ3) is 7.92. The Hall–Kier alpha value is -3.18. The summed E-state index contributed by atoms with van der Waals surface area (Å²) >= 11 is 0. The van der Waals surface area contributed by atoms with Crippen LogP contribution in [-0.4, -0.2) is 57.1 Å². The molecule has 10 nitrogen and oxygen atoms in total. The summed E-state index contributed by atoms with van der Waals surface area (Å²) in [5.74, 6) is -0.00389. The number of nitro groups is 1. The molecular formula is C25H34N4O6S. The highest BCUT2D eigenvalue weighted by Crippen LogP contribution is 2.33. The normalized spacial score (nSPS) is 14.3.